The van der Waals surface area contributed by atoms with E-state index in [1.165, 1.54) is 23.3 Å². The second-order valence-corrected chi connectivity index (χ2v) is 8.33. The number of aromatic nitrogens is 5. The summed E-state index contributed by atoms with van der Waals surface area (Å²) in [5.74, 6) is -0.0258. The van der Waals surface area contributed by atoms with Gasteiger partial charge in [0.25, 0.3) is 15.9 Å². The maximum absolute atomic E-state index is 15.6. The van der Waals surface area contributed by atoms with Gasteiger partial charge < -0.3 is 9.09 Å². The zero-order valence-electron chi connectivity index (χ0n) is 14.5. The Morgan fingerprint density at radius 1 is 1.37 bits per heavy atom. The van der Waals surface area contributed by atoms with E-state index in [0.717, 1.165) is 4.31 Å². The van der Waals surface area contributed by atoms with Crippen molar-refractivity contribution in [2.75, 3.05) is 13.1 Å². The quantitative estimate of drug-likeness (QED) is 0.662. The Morgan fingerprint density at radius 3 is 2.93 bits per heavy atom. The number of sulfonamides is 1. The largest absolute Gasteiger partial charge is 0.339 e. The fraction of sp³-hybridized carbons (Fsp3) is 0.375. The van der Waals surface area contributed by atoms with Crippen LogP contribution >= 0.6 is 0 Å². The van der Waals surface area contributed by atoms with E-state index in [0.29, 0.717) is 12.0 Å². The number of aryl methyl sites for hydroxylation is 1. The minimum absolute atomic E-state index is 0.0932. The van der Waals surface area contributed by atoms with Gasteiger partial charge in [0.15, 0.2) is 5.03 Å². The molecule has 142 valence electrons. The maximum atomic E-state index is 15.6. The van der Waals surface area contributed by atoms with Gasteiger partial charge in [0.05, 0.1) is 12.9 Å². The summed E-state index contributed by atoms with van der Waals surface area (Å²) in [5, 5.41) is 3.69. The van der Waals surface area contributed by atoms with Gasteiger partial charge in [-0.15, -0.1) is 0 Å². The first-order valence-electron chi connectivity index (χ1n) is 8.30. The van der Waals surface area contributed by atoms with Crippen LogP contribution in [0.5, 0.6) is 0 Å². The van der Waals surface area contributed by atoms with Gasteiger partial charge in [0.2, 0.25) is 11.5 Å². The van der Waals surface area contributed by atoms with Gasteiger partial charge in [0, 0.05) is 37.7 Å². The van der Waals surface area contributed by atoms with Crippen LogP contribution in [0.2, 0.25) is 0 Å². The van der Waals surface area contributed by atoms with Crippen molar-refractivity contribution in [1.29, 1.82) is 0 Å². The van der Waals surface area contributed by atoms with Crippen molar-refractivity contribution in [3.63, 3.8) is 0 Å². The normalized spacial score (nSPS) is 21.4. The smallest absolute Gasteiger partial charge is 0.266 e. The number of hydrogen-bond acceptors (Lipinski definition) is 7. The molecule has 1 fully saturated rings. The van der Waals surface area contributed by atoms with Gasteiger partial charge in [-0.05, 0) is 25.0 Å². The number of nitrogens with zero attached hydrogens (tertiary/aromatic N) is 6. The van der Waals surface area contributed by atoms with Crippen LogP contribution in [0.4, 0.5) is 4.39 Å². The van der Waals surface area contributed by atoms with Crippen LogP contribution in [-0.4, -0.2) is 50.5 Å². The van der Waals surface area contributed by atoms with Gasteiger partial charge in [-0.3, -0.25) is 4.98 Å². The van der Waals surface area contributed by atoms with E-state index >= 15 is 4.39 Å². The third-order valence-electron chi connectivity index (χ3n) is 4.42. The van der Waals surface area contributed by atoms with E-state index in [1.54, 1.807) is 25.4 Å². The van der Waals surface area contributed by atoms with E-state index in [2.05, 4.69) is 20.1 Å². The van der Waals surface area contributed by atoms with E-state index in [1.807, 2.05) is 0 Å². The highest BCUT2D eigenvalue weighted by atomic mass is 32.2. The number of rotatable bonds is 4. The van der Waals surface area contributed by atoms with Crippen LogP contribution in [0.15, 0.2) is 46.6 Å². The van der Waals surface area contributed by atoms with Gasteiger partial charge in [-0.2, -0.15) is 9.29 Å². The molecular weight excluding hydrogens is 375 g/mol. The second-order valence-electron chi connectivity index (χ2n) is 6.45. The lowest BCUT2D eigenvalue weighted by Gasteiger charge is -2.33. The standard InChI is InChI=1S/C16H17FN6O3S/c1-22-9-13(19-11-22)27(24,25)23-7-3-5-16(17,10-23)15-20-14(21-26-15)12-4-2-6-18-8-12/h2,4,6,8-9,11H,3,5,7,10H2,1H3. The van der Waals surface area contributed by atoms with Crippen LogP contribution in [-0.2, 0) is 22.7 Å². The summed E-state index contributed by atoms with van der Waals surface area (Å²) < 4.78 is 48.8. The summed E-state index contributed by atoms with van der Waals surface area (Å²) in [4.78, 5) is 12.0. The SMILES string of the molecule is Cn1cnc(S(=O)(=O)N2CCCC(F)(c3nc(-c4cccnc4)no3)C2)c1. The Balaban J connectivity index is 1.61. The molecule has 1 saturated heterocycles. The van der Waals surface area contributed by atoms with Crippen molar-refractivity contribution in [3.05, 3.63) is 42.9 Å². The van der Waals surface area contributed by atoms with Crippen LogP contribution in [0.3, 0.4) is 0 Å². The van der Waals surface area contributed by atoms with Gasteiger partial charge in [-0.1, -0.05) is 5.16 Å². The molecule has 3 aromatic rings. The summed E-state index contributed by atoms with van der Waals surface area (Å²) >= 11 is 0. The molecule has 1 atom stereocenters. The van der Waals surface area contributed by atoms with Crippen molar-refractivity contribution in [3.8, 4) is 11.4 Å². The van der Waals surface area contributed by atoms with E-state index in [-0.39, 0.29) is 29.7 Å². The first-order chi connectivity index (χ1) is 12.9. The Labute approximate surface area is 154 Å². The molecule has 0 aliphatic carbocycles. The lowest BCUT2D eigenvalue weighted by Crippen LogP contribution is -2.46. The molecule has 9 nitrogen and oxygen atoms in total. The first-order valence-corrected chi connectivity index (χ1v) is 9.74. The number of alkyl halides is 1. The molecule has 27 heavy (non-hydrogen) atoms. The minimum atomic E-state index is -3.90. The zero-order valence-corrected chi connectivity index (χ0v) is 15.3. The topological polar surface area (TPSA) is 107 Å². The lowest BCUT2D eigenvalue weighted by atomic mass is 9.96. The van der Waals surface area contributed by atoms with Crippen molar-refractivity contribution < 1.29 is 17.3 Å². The maximum Gasteiger partial charge on any atom is 0.266 e. The van der Waals surface area contributed by atoms with Crippen molar-refractivity contribution in [2.24, 2.45) is 7.05 Å². The number of piperidine rings is 1. The first kappa shape index (κ1) is 17.7. The summed E-state index contributed by atoms with van der Waals surface area (Å²) in [5.41, 5.74) is -1.47. The number of pyridine rings is 1. The molecule has 1 aliphatic heterocycles. The highest BCUT2D eigenvalue weighted by molar-refractivity contribution is 7.89. The average Bonchev–Trinajstić information content (AvgIpc) is 3.32. The Hall–Kier alpha value is -2.66. The van der Waals surface area contributed by atoms with E-state index < -0.39 is 22.2 Å². The Bertz CT molecular complexity index is 1050. The highest BCUT2D eigenvalue weighted by Gasteiger charge is 2.46. The van der Waals surface area contributed by atoms with Gasteiger partial charge >= 0.3 is 0 Å². The molecule has 0 spiro atoms. The number of hydrogen-bond donors (Lipinski definition) is 0. The van der Waals surface area contributed by atoms with Gasteiger partial charge in [0.1, 0.15) is 0 Å². The van der Waals surface area contributed by atoms with Crippen LogP contribution in [0, 0.1) is 0 Å². The molecule has 0 radical (unpaired) electrons. The summed E-state index contributed by atoms with van der Waals surface area (Å²) in [6.45, 7) is -0.200. The van der Waals surface area contributed by atoms with Crippen molar-refractivity contribution >= 4 is 10.0 Å². The molecule has 0 aromatic carbocycles. The monoisotopic (exact) mass is 392 g/mol. The highest BCUT2D eigenvalue weighted by Crippen LogP contribution is 2.37. The van der Waals surface area contributed by atoms with E-state index in [4.69, 9.17) is 4.52 Å². The number of halogens is 1. The fourth-order valence-electron chi connectivity index (χ4n) is 3.03. The second kappa shape index (κ2) is 6.50. The molecule has 3 aromatic heterocycles. The molecule has 0 bridgehead atoms. The van der Waals surface area contributed by atoms with Crippen LogP contribution in [0.1, 0.15) is 18.7 Å². The fourth-order valence-corrected chi connectivity index (χ4v) is 4.51. The molecule has 1 unspecified atom stereocenters. The molecule has 4 heterocycles. The van der Waals surface area contributed by atoms with E-state index in [9.17, 15) is 8.42 Å². The van der Waals surface area contributed by atoms with Gasteiger partial charge in [-0.25, -0.2) is 17.8 Å². The third kappa shape index (κ3) is 3.23. The molecule has 0 N–H and O–H groups in total. The number of imidazole rings is 1. The molecule has 0 amide bonds. The minimum Gasteiger partial charge on any atom is -0.339 e. The summed E-state index contributed by atoms with van der Waals surface area (Å²) in [7, 11) is -2.24. The summed E-state index contributed by atoms with van der Waals surface area (Å²) in [6.07, 6.45) is 6.33. The predicted octanol–water partition coefficient (Wildman–Crippen LogP) is 1.51. The zero-order chi connectivity index (χ0) is 19.1. The molecular formula is C16H17FN6O3S. The predicted molar refractivity (Wildman–Crippen MR) is 91.5 cm³/mol. The molecule has 11 heteroatoms. The molecule has 1 aliphatic rings. The van der Waals surface area contributed by atoms with Crippen molar-refractivity contribution in [2.45, 2.75) is 23.5 Å². The van der Waals surface area contributed by atoms with Crippen molar-refractivity contribution in [1.82, 2.24) is 29.0 Å². The molecule has 0 saturated carbocycles. The molecule has 4 rings (SSSR count). The summed E-state index contributed by atoms with van der Waals surface area (Å²) in [6, 6.07) is 3.43. The average molecular weight is 392 g/mol. The Morgan fingerprint density at radius 2 is 2.22 bits per heavy atom. The van der Waals surface area contributed by atoms with Crippen LogP contribution in [0.25, 0.3) is 11.4 Å². The lowest BCUT2D eigenvalue weighted by molar-refractivity contribution is 0.0469. The third-order valence-corrected chi connectivity index (χ3v) is 6.15. The Kier molecular flexibility index (Phi) is 4.27. The van der Waals surface area contributed by atoms with Crippen LogP contribution < -0.4 is 0 Å².